The SMILES string of the molecule is COc1ccc(N2CCN(Cc3ccccc3)CC2C(=O)NCc2ccc(C#N)cc2)cc1.COc1ccc(N2CCN(Cc3ccccc3)CC2C(=O)O)cc1. The minimum absolute atomic E-state index is 0.00654. The first-order valence-electron chi connectivity index (χ1n) is 19.2. The molecule has 0 spiro atoms. The molecule has 0 aliphatic carbocycles. The number of hydrogen-bond acceptors (Lipinski definition) is 9. The molecular formula is C46H50N6O5. The standard InChI is InChI=1S/C27H28N4O2.C19H22N2O3/c1-33-25-13-11-24(12-14-25)31-16-15-30(19-23-5-3-2-4-6-23)20-26(31)27(32)29-18-22-9-7-21(17-28)8-10-22;1-24-17-9-7-16(8-10-17)21-12-11-20(14-18(21)19(22)23)13-15-5-3-2-4-6-15/h2-14,26H,15-16,18-20H2,1H3,(H,29,32);2-10,18H,11-14H2,1H3,(H,22,23). The molecule has 5 aromatic carbocycles. The zero-order valence-electron chi connectivity index (χ0n) is 32.5. The van der Waals surface area contributed by atoms with Crippen molar-refractivity contribution in [2.45, 2.75) is 31.7 Å². The summed E-state index contributed by atoms with van der Waals surface area (Å²) in [5, 5.41) is 21.7. The fourth-order valence-corrected chi connectivity index (χ4v) is 7.25. The fraction of sp³-hybridized carbons (Fsp3) is 0.283. The largest absolute Gasteiger partial charge is 0.497 e. The van der Waals surface area contributed by atoms with Crippen LogP contribution >= 0.6 is 0 Å². The summed E-state index contributed by atoms with van der Waals surface area (Å²) in [5.41, 5.74) is 5.96. The van der Waals surface area contributed by atoms with E-state index in [1.165, 1.54) is 11.1 Å². The second kappa shape index (κ2) is 20.0. The van der Waals surface area contributed by atoms with E-state index in [0.29, 0.717) is 31.7 Å². The van der Waals surface area contributed by atoms with Gasteiger partial charge in [-0.15, -0.1) is 0 Å². The lowest BCUT2D eigenvalue weighted by Gasteiger charge is -2.42. The Morgan fingerprint density at radius 2 is 1.09 bits per heavy atom. The molecule has 0 radical (unpaired) electrons. The molecule has 2 unspecified atom stereocenters. The van der Waals surface area contributed by atoms with Gasteiger partial charge >= 0.3 is 5.97 Å². The minimum atomic E-state index is -0.788. The van der Waals surface area contributed by atoms with E-state index in [1.807, 2.05) is 102 Å². The average molecular weight is 767 g/mol. The number of piperazine rings is 2. The highest BCUT2D eigenvalue weighted by molar-refractivity contribution is 5.86. The molecule has 2 saturated heterocycles. The van der Waals surface area contributed by atoms with Gasteiger partial charge in [-0.3, -0.25) is 14.6 Å². The van der Waals surface area contributed by atoms with Gasteiger partial charge in [0.1, 0.15) is 23.6 Å². The molecule has 2 atom stereocenters. The van der Waals surface area contributed by atoms with Crippen molar-refractivity contribution in [1.29, 1.82) is 5.26 Å². The van der Waals surface area contributed by atoms with Gasteiger partial charge < -0.3 is 29.7 Å². The van der Waals surface area contributed by atoms with Crippen molar-refractivity contribution >= 4 is 23.3 Å². The van der Waals surface area contributed by atoms with Gasteiger partial charge in [0.15, 0.2) is 0 Å². The molecule has 11 nitrogen and oxygen atoms in total. The van der Waals surface area contributed by atoms with Gasteiger partial charge in [0.2, 0.25) is 5.91 Å². The number of benzene rings is 5. The number of carboxylic acids is 1. The van der Waals surface area contributed by atoms with E-state index in [1.54, 1.807) is 26.4 Å². The fourth-order valence-electron chi connectivity index (χ4n) is 7.25. The van der Waals surface area contributed by atoms with Crippen LogP contribution in [-0.4, -0.2) is 92.4 Å². The number of carboxylic acid groups (broad SMARTS) is 1. The van der Waals surface area contributed by atoms with Crippen molar-refractivity contribution in [3.63, 3.8) is 0 Å². The van der Waals surface area contributed by atoms with E-state index in [4.69, 9.17) is 14.7 Å². The minimum Gasteiger partial charge on any atom is -0.497 e. The number of carbonyl (C=O) groups is 2. The molecule has 2 aliphatic heterocycles. The average Bonchev–Trinajstić information content (AvgIpc) is 3.26. The first-order chi connectivity index (χ1) is 27.8. The number of methoxy groups -OCH3 is 2. The lowest BCUT2D eigenvalue weighted by molar-refractivity contribution is -0.139. The Balaban J connectivity index is 0.000000203. The Morgan fingerprint density at radius 3 is 1.53 bits per heavy atom. The number of anilines is 2. The Labute approximate surface area is 335 Å². The molecule has 2 fully saturated rings. The number of nitriles is 1. The molecule has 2 heterocycles. The summed E-state index contributed by atoms with van der Waals surface area (Å²) in [4.78, 5) is 33.8. The van der Waals surface area contributed by atoms with Crippen LogP contribution in [0, 0.1) is 11.3 Å². The predicted molar refractivity (Wildman–Crippen MR) is 222 cm³/mol. The number of hydrogen-bond donors (Lipinski definition) is 2. The number of nitrogens with one attached hydrogen (secondary N) is 1. The van der Waals surface area contributed by atoms with Crippen LogP contribution in [0.5, 0.6) is 11.5 Å². The lowest BCUT2D eigenvalue weighted by atomic mass is 10.1. The van der Waals surface area contributed by atoms with Crippen molar-refractivity contribution in [3.8, 4) is 17.6 Å². The number of ether oxygens (including phenoxy) is 2. The maximum Gasteiger partial charge on any atom is 0.327 e. The van der Waals surface area contributed by atoms with Gasteiger partial charge in [-0.1, -0.05) is 72.8 Å². The van der Waals surface area contributed by atoms with Crippen LogP contribution in [0.4, 0.5) is 11.4 Å². The van der Waals surface area contributed by atoms with E-state index in [2.05, 4.69) is 50.4 Å². The molecule has 5 aromatic rings. The zero-order valence-corrected chi connectivity index (χ0v) is 32.5. The van der Waals surface area contributed by atoms with Crippen molar-refractivity contribution in [2.75, 3.05) is 63.3 Å². The van der Waals surface area contributed by atoms with Crippen LogP contribution in [0.3, 0.4) is 0 Å². The molecule has 7 rings (SSSR count). The second-order valence-electron chi connectivity index (χ2n) is 14.1. The normalized spacial score (nSPS) is 17.1. The molecule has 0 bridgehead atoms. The van der Waals surface area contributed by atoms with Crippen LogP contribution in [0.15, 0.2) is 133 Å². The Bertz CT molecular complexity index is 2060. The molecule has 0 aromatic heterocycles. The van der Waals surface area contributed by atoms with Gasteiger partial charge in [-0.25, -0.2) is 4.79 Å². The van der Waals surface area contributed by atoms with E-state index < -0.39 is 12.0 Å². The third-order valence-electron chi connectivity index (χ3n) is 10.4. The quantitative estimate of drug-likeness (QED) is 0.155. The van der Waals surface area contributed by atoms with Crippen LogP contribution in [-0.2, 0) is 29.2 Å². The highest BCUT2D eigenvalue weighted by atomic mass is 16.5. The topological polar surface area (TPSA) is 122 Å². The maximum absolute atomic E-state index is 13.3. The van der Waals surface area contributed by atoms with Crippen LogP contribution in [0.2, 0.25) is 0 Å². The van der Waals surface area contributed by atoms with Crippen LogP contribution in [0.1, 0.15) is 22.3 Å². The van der Waals surface area contributed by atoms with E-state index in [-0.39, 0.29) is 11.9 Å². The zero-order chi connectivity index (χ0) is 40.0. The lowest BCUT2D eigenvalue weighted by Crippen LogP contribution is -2.59. The van der Waals surface area contributed by atoms with Gasteiger partial charge in [-0.05, 0) is 77.4 Å². The summed E-state index contributed by atoms with van der Waals surface area (Å²) >= 11 is 0. The molecule has 0 saturated carbocycles. The Hall–Kier alpha value is -6.35. The molecular weight excluding hydrogens is 717 g/mol. The summed E-state index contributed by atoms with van der Waals surface area (Å²) in [5.74, 6) is 0.771. The summed E-state index contributed by atoms with van der Waals surface area (Å²) < 4.78 is 10.5. The van der Waals surface area contributed by atoms with Crippen molar-refractivity contribution in [3.05, 3.63) is 156 Å². The monoisotopic (exact) mass is 766 g/mol. The number of rotatable bonds is 12. The highest BCUT2D eigenvalue weighted by Gasteiger charge is 2.34. The molecule has 2 aliphatic rings. The van der Waals surface area contributed by atoms with Crippen molar-refractivity contribution in [1.82, 2.24) is 15.1 Å². The van der Waals surface area contributed by atoms with Gasteiger partial charge in [0.25, 0.3) is 0 Å². The van der Waals surface area contributed by atoms with Crippen LogP contribution < -0.4 is 24.6 Å². The highest BCUT2D eigenvalue weighted by Crippen LogP contribution is 2.26. The molecule has 1 amide bonds. The molecule has 57 heavy (non-hydrogen) atoms. The Kier molecular flexibility index (Phi) is 14.1. The summed E-state index contributed by atoms with van der Waals surface area (Å²) in [6.45, 7) is 6.33. The van der Waals surface area contributed by atoms with Crippen molar-refractivity contribution < 1.29 is 24.2 Å². The maximum atomic E-state index is 13.3. The van der Waals surface area contributed by atoms with Crippen LogP contribution in [0.25, 0.3) is 0 Å². The Morgan fingerprint density at radius 1 is 0.632 bits per heavy atom. The van der Waals surface area contributed by atoms with Gasteiger partial charge in [0, 0.05) is 70.3 Å². The third-order valence-corrected chi connectivity index (χ3v) is 10.4. The summed E-state index contributed by atoms with van der Waals surface area (Å²) in [6, 6.07) is 44.5. The molecule has 294 valence electrons. The van der Waals surface area contributed by atoms with E-state index in [0.717, 1.165) is 61.2 Å². The number of amides is 1. The smallest absolute Gasteiger partial charge is 0.327 e. The first-order valence-corrected chi connectivity index (χ1v) is 19.2. The molecule has 2 N–H and O–H groups in total. The van der Waals surface area contributed by atoms with E-state index in [9.17, 15) is 14.7 Å². The summed E-state index contributed by atoms with van der Waals surface area (Å²) in [6.07, 6.45) is 0. The number of carbonyl (C=O) groups excluding carboxylic acids is 1. The third kappa shape index (κ3) is 11.1. The predicted octanol–water partition coefficient (Wildman–Crippen LogP) is 6.04. The summed E-state index contributed by atoms with van der Waals surface area (Å²) in [7, 11) is 3.27. The van der Waals surface area contributed by atoms with E-state index >= 15 is 0 Å². The van der Waals surface area contributed by atoms with Crippen molar-refractivity contribution in [2.24, 2.45) is 0 Å². The molecule has 11 heteroatoms. The van der Waals surface area contributed by atoms with Gasteiger partial charge in [0.05, 0.1) is 25.9 Å². The first kappa shape index (κ1) is 40.3. The number of aliphatic carboxylic acids is 1. The number of nitrogens with zero attached hydrogens (tertiary/aromatic N) is 5. The second-order valence-corrected chi connectivity index (χ2v) is 14.1. The van der Waals surface area contributed by atoms with Gasteiger partial charge in [-0.2, -0.15) is 5.26 Å².